The van der Waals surface area contributed by atoms with E-state index in [-0.39, 0.29) is 5.56 Å². The number of ether oxygens (including phenoxy) is 1. The predicted molar refractivity (Wildman–Crippen MR) is 111 cm³/mol. The highest BCUT2D eigenvalue weighted by molar-refractivity contribution is 6.31. The van der Waals surface area contributed by atoms with Crippen LogP contribution in [0.2, 0.25) is 5.02 Å². The van der Waals surface area contributed by atoms with Gasteiger partial charge in [0.05, 0.1) is 11.1 Å². The molecule has 0 aliphatic heterocycles. The SMILES string of the molecule is Cc1ccc(NC(=O)[C@@H](OC(=O)c2ccc(C(F)(F)F)cc2)c2ccccc2)cc1Cl. The number of nitrogens with one attached hydrogen (secondary N) is 1. The fourth-order valence-corrected chi connectivity index (χ4v) is 2.93. The summed E-state index contributed by atoms with van der Waals surface area (Å²) in [6.07, 6.45) is -5.85. The number of esters is 1. The second-order valence-electron chi connectivity index (χ2n) is 6.72. The standard InChI is InChI=1S/C23H17ClF3NO3/c1-14-7-12-18(13-19(14)24)28-21(29)20(15-5-3-2-4-6-15)31-22(30)16-8-10-17(11-9-16)23(25,26)27/h2-13,20H,1H3,(H,28,29)/t20-/m0/s1. The van der Waals surface area contributed by atoms with Crippen LogP contribution in [0.15, 0.2) is 72.8 Å². The lowest BCUT2D eigenvalue weighted by atomic mass is 10.1. The van der Waals surface area contributed by atoms with Crippen molar-refractivity contribution in [2.75, 3.05) is 5.32 Å². The van der Waals surface area contributed by atoms with E-state index < -0.39 is 29.7 Å². The van der Waals surface area contributed by atoms with Crippen molar-refractivity contribution in [3.63, 3.8) is 0 Å². The van der Waals surface area contributed by atoms with Gasteiger partial charge in [-0.25, -0.2) is 4.79 Å². The fraction of sp³-hybridized carbons (Fsp3) is 0.130. The molecule has 0 aromatic heterocycles. The molecule has 3 aromatic rings. The van der Waals surface area contributed by atoms with E-state index in [4.69, 9.17) is 16.3 Å². The van der Waals surface area contributed by atoms with E-state index in [9.17, 15) is 22.8 Å². The van der Waals surface area contributed by atoms with E-state index in [0.717, 1.165) is 29.8 Å². The Morgan fingerprint density at radius 3 is 2.19 bits per heavy atom. The summed E-state index contributed by atoms with van der Waals surface area (Å²) < 4.78 is 43.6. The molecule has 0 radical (unpaired) electrons. The number of anilines is 1. The lowest BCUT2D eigenvalue weighted by Gasteiger charge is -2.18. The molecular formula is C23H17ClF3NO3. The van der Waals surface area contributed by atoms with Crippen LogP contribution in [0.1, 0.15) is 33.2 Å². The average molecular weight is 448 g/mol. The third-order valence-corrected chi connectivity index (χ3v) is 4.86. The van der Waals surface area contributed by atoms with Crippen molar-refractivity contribution in [2.24, 2.45) is 0 Å². The van der Waals surface area contributed by atoms with Crippen molar-refractivity contribution in [3.8, 4) is 0 Å². The van der Waals surface area contributed by atoms with Crippen molar-refractivity contribution in [1.29, 1.82) is 0 Å². The van der Waals surface area contributed by atoms with Gasteiger partial charge in [-0.05, 0) is 48.9 Å². The summed E-state index contributed by atoms with van der Waals surface area (Å²) in [5.41, 5.74) is 0.636. The van der Waals surface area contributed by atoms with Crippen LogP contribution in [0.3, 0.4) is 0 Å². The highest BCUT2D eigenvalue weighted by Gasteiger charge is 2.31. The number of amides is 1. The van der Waals surface area contributed by atoms with Crippen molar-refractivity contribution < 1.29 is 27.5 Å². The number of carbonyl (C=O) groups is 2. The number of aryl methyl sites for hydroxylation is 1. The van der Waals surface area contributed by atoms with Crippen LogP contribution in [0.25, 0.3) is 0 Å². The zero-order valence-electron chi connectivity index (χ0n) is 16.2. The first-order valence-electron chi connectivity index (χ1n) is 9.15. The zero-order valence-corrected chi connectivity index (χ0v) is 17.0. The second-order valence-corrected chi connectivity index (χ2v) is 7.13. The third kappa shape index (κ3) is 5.64. The first kappa shape index (κ1) is 22.4. The van der Waals surface area contributed by atoms with Gasteiger partial charge >= 0.3 is 12.1 Å². The van der Waals surface area contributed by atoms with Crippen LogP contribution < -0.4 is 5.32 Å². The minimum Gasteiger partial charge on any atom is -0.444 e. The van der Waals surface area contributed by atoms with Gasteiger partial charge in [-0.1, -0.05) is 48.0 Å². The number of benzene rings is 3. The summed E-state index contributed by atoms with van der Waals surface area (Å²) in [5.74, 6) is -1.56. The summed E-state index contributed by atoms with van der Waals surface area (Å²) >= 11 is 6.09. The summed E-state index contributed by atoms with van der Waals surface area (Å²) in [5, 5.41) is 3.10. The van der Waals surface area contributed by atoms with Gasteiger partial charge in [0.1, 0.15) is 0 Å². The van der Waals surface area contributed by atoms with Crippen LogP contribution >= 0.6 is 11.6 Å². The molecule has 3 aromatic carbocycles. The molecule has 0 saturated heterocycles. The molecule has 0 bridgehead atoms. The molecule has 31 heavy (non-hydrogen) atoms. The zero-order chi connectivity index (χ0) is 22.6. The number of hydrogen-bond acceptors (Lipinski definition) is 3. The lowest BCUT2D eigenvalue weighted by Crippen LogP contribution is -2.26. The maximum Gasteiger partial charge on any atom is 0.416 e. The maximum atomic E-state index is 12.9. The molecule has 4 nitrogen and oxygen atoms in total. The highest BCUT2D eigenvalue weighted by Crippen LogP contribution is 2.30. The molecule has 0 fully saturated rings. The Labute approximate surface area is 181 Å². The minimum absolute atomic E-state index is 0.111. The predicted octanol–water partition coefficient (Wildman–Crippen LogP) is 6.20. The van der Waals surface area contributed by atoms with Crippen molar-refractivity contribution in [1.82, 2.24) is 0 Å². The molecular weight excluding hydrogens is 431 g/mol. The van der Waals surface area contributed by atoms with Gasteiger partial charge in [0, 0.05) is 16.3 Å². The third-order valence-electron chi connectivity index (χ3n) is 4.45. The molecule has 1 N–H and O–H groups in total. The first-order valence-corrected chi connectivity index (χ1v) is 9.53. The minimum atomic E-state index is -4.52. The first-order chi connectivity index (χ1) is 14.6. The molecule has 0 spiro atoms. The van der Waals surface area contributed by atoms with E-state index in [1.165, 1.54) is 0 Å². The molecule has 160 valence electrons. The highest BCUT2D eigenvalue weighted by atomic mass is 35.5. The Hall–Kier alpha value is -3.32. The van der Waals surface area contributed by atoms with Gasteiger partial charge in [0.15, 0.2) is 0 Å². The van der Waals surface area contributed by atoms with Gasteiger partial charge in [-0.3, -0.25) is 4.79 Å². The molecule has 0 heterocycles. The van der Waals surface area contributed by atoms with Crippen LogP contribution in [0.5, 0.6) is 0 Å². The largest absolute Gasteiger partial charge is 0.444 e. The van der Waals surface area contributed by atoms with E-state index in [1.54, 1.807) is 48.5 Å². The van der Waals surface area contributed by atoms with E-state index in [1.807, 2.05) is 6.92 Å². The summed E-state index contributed by atoms with van der Waals surface area (Å²) in [7, 11) is 0. The Morgan fingerprint density at radius 1 is 0.968 bits per heavy atom. The molecule has 0 unspecified atom stereocenters. The van der Waals surface area contributed by atoms with Crippen LogP contribution in [-0.2, 0) is 15.7 Å². The molecule has 8 heteroatoms. The maximum absolute atomic E-state index is 12.9. The average Bonchev–Trinajstić information content (AvgIpc) is 2.74. The number of alkyl halides is 3. The number of hydrogen-bond donors (Lipinski definition) is 1. The van der Waals surface area contributed by atoms with Crippen LogP contribution in [0.4, 0.5) is 18.9 Å². The van der Waals surface area contributed by atoms with E-state index in [0.29, 0.717) is 16.3 Å². The van der Waals surface area contributed by atoms with Gasteiger partial charge < -0.3 is 10.1 Å². The van der Waals surface area contributed by atoms with Crippen molar-refractivity contribution in [3.05, 3.63) is 100 Å². The van der Waals surface area contributed by atoms with Gasteiger partial charge in [-0.2, -0.15) is 13.2 Å². The number of carbonyl (C=O) groups excluding carboxylic acids is 2. The smallest absolute Gasteiger partial charge is 0.416 e. The Balaban J connectivity index is 1.83. The van der Waals surface area contributed by atoms with Crippen LogP contribution in [-0.4, -0.2) is 11.9 Å². The van der Waals surface area contributed by atoms with Crippen LogP contribution in [0, 0.1) is 6.92 Å². The fourth-order valence-electron chi connectivity index (χ4n) is 2.75. The van der Waals surface area contributed by atoms with Gasteiger partial charge in [0.25, 0.3) is 5.91 Å². The van der Waals surface area contributed by atoms with E-state index >= 15 is 0 Å². The van der Waals surface area contributed by atoms with Crippen molar-refractivity contribution in [2.45, 2.75) is 19.2 Å². The number of halogens is 4. The number of rotatable bonds is 5. The van der Waals surface area contributed by atoms with E-state index in [2.05, 4.69) is 5.32 Å². The monoisotopic (exact) mass is 447 g/mol. The molecule has 1 amide bonds. The Bertz CT molecular complexity index is 1080. The second kappa shape index (κ2) is 9.22. The molecule has 0 aliphatic rings. The van der Waals surface area contributed by atoms with Crippen molar-refractivity contribution >= 4 is 29.2 Å². The van der Waals surface area contributed by atoms with Gasteiger partial charge in [0.2, 0.25) is 6.10 Å². The molecule has 3 rings (SSSR count). The van der Waals surface area contributed by atoms with Gasteiger partial charge in [-0.15, -0.1) is 0 Å². The summed E-state index contributed by atoms with van der Waals surface area (Å²) in [4.78, 5) is 25.4. The lowest BCUT2D eigenvalue weighted by molar-refractivity contribution is -0.137. The molecule has 0 saturated carbocycles. The topological polar surface area (TPSA) is 55.4 Å². The quantitative estimate of drug-likeness (QED) is 0.473. The summed E-state index contributed by atoms with van der Waals surface area (Å²) in [6.45, 7) is 1.81. The molecule has 1 atom stereocenters. The Kier molecular flexibility index (Phi) is 6.65. The normalized spacial score (nSPS) is 12.2. The summed E-state index contributed by atoms with van der Waals surface area (Å²) in [6, 6.07) is 16.8. The molecule has 0 aliphatic carbocycles. The Morgan fingerprint density at radius 2 is 1.61 bits per heavy atom.